The molecule has 0 spiro atoms. The number of carbonyl (C=O) groups excluding carboxylic acids is 1. The molecule has 1 aliphatic rings. The Bertz CT molecular complexity index is 1290. The minimum atomic E-state index is -0.232. The highest BCUT2D eigenvalue weighted by Crippen LogP contribution is 2.27. The first-order chi connectivity index (χ1) is 16.5. The molecule has 4 aromatic rings. The fourth-order valence-electron chi connectivity index (χ4n) is 4.55. The van der Waals surface area contributed by atoms with Gasteiger partial charge in [0.2, 0.25) is 0 Å². The van der Waals surface area contributed by atoms with Gasteiger partial charge in [-0.1, -0.05) is 18.2 Å². The van der Waals surface area contributed by atoms with E-state index in [1.165, 1.54) is 24.0 Å². The molecule has 3 heterocycles. The molecule has 34 heavy (non-hydrogen) atoms. The topological polar surface area (TPSA) is 77.1 Å². The lowest BCUT2D eigenvalue weighted by molar-refractivity contribution is 0.102. The fraction of sp³-hybridized carbons (Fsp3) is 0.296. The van der Waals surface area contributed by atoms with Crippen molar-refractivity contribution in [2.45, 2.75) is 25.9 Å². The van der Waals surface area contributed by atoms with Crippen LogP contribution in [0.3, 0.4) is 0 Å². The van der Waals surface area contributed by atoms with Crippen LogP contribution in [0.15, 0.2) is 60.9 Å². The number of anilines is 1. The zero-order chi connectivity index (χ0) is 23.5. The van der Waals surface area contributed by atoms with Gasteiger partial charge in [-0.2, -0.15) is 5.10 Å². The van der Waals surface area contributed by atoms with E-state index in [1.54, 1.807) is 0 Å². The normalized spacial score (nSPS) is 14.2. The molecular formula is C27H30N6O. The maximum Gasteiger partial charge on any atom is 0.276 e. The smallest absolute Gasteiger partial charge is 0.276 e. The van der Waals surface area contributed by atoms with E-state index in [0.717, 1.165) is 53.9 Å². The summed E-state index contributed by atoms with van der Waals surface area (Å²) < 4.78 is 0. The van der Waals surface area contributed by atoms with E-state index in [9.17, 15) is 4.79 Å². The summed E-state index contributed by atoms with van der Waals surface area (Å²) in [5.41, 5.74) is 6.43. The van der Waals surface area contributed by atoms with Crippen LogP contribution < -0.4 is 5.32 Å². The van der Waals surface area contributed by atoms with E-state index in [2.05, 4.69) is 36.4 Å². The number of carbonyl (C=O) groups is 1. The van der Waals surface area contributed by atoms with Gasteiger partial charge in [0.15, 0.2) is 5.69 Å². The van der Waals surface area contributed by atoms with E-state index in [4.69, 9.17) is 0 Å². The monoisotopic (exact) mass is 454 g/mol. The molecule has 2 N–H and O–H groups in total. The molecule has 0 unspecified atom stereocenters. The summed E-state index contributed by atoms with van der Waals surface area (Å²) in [7, 11) is 4.07. The van der Waals surface area contributed by atoms with Gasteiger partial charge in [0.1, 0.15) is 0 Å². The van der Waals surface area contributed by atoms with Crippen molar-refractivity contribution in [3.8, 4) is 11.1 Å². The summed E-state index contributed by atoms with van der Waals surface area (Å²) in [6, 6.07) is 16.1. The summed E-state index contributed by atoms with van der Waals surface area (Å²) in [4.78, 5) is 22.1. The number of likely N-dealkylation sites (tertiary alicyclic amines) is 1. The molecule has 2 aromatic heterocycles. The third-order valence-electron chi connectivity index (χ3n) is 6.22. The van der Waals surface area contributed by atoms with Gasteiger partial charge >= 0.3 is 0 Å². The highest BCUT2D eigenvalue weighted by molar-refractivity contribution is 6.11. The highest BCUT2D eigenvalue weighted by Gasteiger charge is 2.16. The van der Waals surface area contributed by atoms with Crippen LogP contribution in [0.2, 0.25) is 0 Å². The number of hydrogen-bond acceptors (Lipinski definition) is 5. The van der Waals surface area contributed by atoms with Gasteiger partial charge < -0.3 is 10.2 Å². The van der Waals surface area contributed by atoms with Gasteiger partial charge in [-0.25, -0.2) is 0 Å². The van der Waals surface area contributed by atoms with Crippen LogP contribution in [-0.2, 0) is 13.1 Å². The Hall–Kier alpha value is -3.55. The van der Waals surface area contributed by atoms with Gasteiger partial charge in [0.05, 0.1) is 5.52 Å². The Morgan fingerprint density at radius 2 is 1.79 bits per heavy atom. The maximum absolute atomic E-state index is 13.0. The van der Waals surface area contributed by atoms with Crippen LogP contribution in [0.5, 0.6) is 0 Å². The summed E-state index contributed by atoms with van der Waals surface area (Å²) in [5, 5.41) is 11.1. The fourth-order valence-corrected chi connectivity index (χ4v) is 4.55. The molecule has 1 amide bonds. The number of rotatable bonds is 7. The van der Waals surface area contributed by atoms with Gasteiger partial charge in [-0.05, 0) is 87.0 Å². The lowest BCUT2D eigenvalue weighted by Gasteiger charge is -2.14. The molecule has 0 bridgehead atoms. The van der Waals surface area contributed by atoms with Gasteiger partial charge in [0.25, 0.3) is 5.91 Å². The lowest BCUT2D eigenvalue weighted by atomic mass is 10.0. The molecule has 174 valence electrons. The van der Waals surface area contributed by atoms with Gasteiger partial charge in [-0.15, -0.1) is 0 Å². The third kappa shape index (κ3) is 5.00. The second-order valence-electron chi connectivity index (χ2n) is 9.29. The molecular weight excluding hydrogens is 424 g/mol. The summed E-state index contributed by atoms with van der Waals surface area (Å²) in [5.74, 6) is -0.232. The molecule has 0 saturated carbocycles. The number of benzene rings is 2. The zero-order valence-electron chi connectivity index (χ0n) is 19.7. The number of fused-ring (bicyclic) bond motifs is 1. The molecule has 0 atom stereocenters. The van der Waals surface area contributed by atoms with Crippen LogP contribution in [0.25, 0.3) is 22.0 Å². The Labute approximate surface area is 199 Å². The molecule has 1 fully saturated rings. The Kier molecular flexibility index (Phi) is 6.38. The van der Waals surface area contributed by atoms with Crippen molar-refractivity contribution in [2.75, 3.05) is 32.5 Å². The third-order valence-corrected chi connectivity index (χ3v) is 6.22. The lowest BCUT2D eigenvalue weighted by Crippen LogP contribution is -2.18. The summed E-state index contributed by atoms with van der Waals surface area (Å²) >= 11 is 0. The predicted molar refractivity (Wildman–Crippen MR) is 136 cm³/mol. The Morgan fingerprint density at radius 1 is 1.00 bits per heavy atom. The number of pyridine rings is 1. The van der Waals surface area contributed by atoms with E-state index in [1.807, 2.05) is 69.0 Å². The Balaban J connectivity index is 1.36. The van der Waals surface area contributed by atoms with Crippen LogP contribution >= 0.6 is 0 Å². The average molecular weight is 455 g/mol. The minimum absolute atomic E-state index is 0.232. The number of hydrogen-bond donors (Lipinski definition) is 2. The Morgan fingerprint density at radius 3 is 2.56 bits per heavy atom. The van der Waals surface area contributed by atoms with Crippen molar-refractivity contribution in [3.63, 3.8) is 0 Å². The van der Waals surface area contributed by atoms with E-state index >= 15 is 0 Å². The maximum atomic E-state index is 13.0. The first kappa shape index (κ1) is 22.3. The van der Waals surface area contributed by atoms with Crippen molar-refractivity contribution in [3.05, 3.63) is 77.7 Å². The molecule has 0 radical (unpaired) electrons. The second-order valence-corrected chi connectivity index (χ2v) is 9.29. The molecule has 7 nitrogen and oxygen atoms in total. The van der Waals surface area contributed by atoms with E-state index < -0.39 is 0 Å². The molecule has 5 rings (SSSR count). The largest absolute Gasteiger partial charge is 0.321 e. The number of aromatic nitrogens is 3. The van der Waals surface area contributed by atoms with Crippen LogP contribution in [0, 0.1) is 0 Å². The number of H-pyrrole nitrogens is 1. The van der Waals surface area contributed by atoms with Crippen molar-refractivity contribution >= 4 is 22.5 Å². The quantitative estimate of drug-likeness (QED) is 0.429. The molecule has 2 aromatic carbocycles. The summed E-state index contributed by atoms with van der Waals surface area (Å²) in [6.45, 7) is 4.09. The first-order valence-corrected chi connectivity index (χ1v) is 11.7. The van der Waals surface area contributed by atoms with Crippen molar-refractivity contribution in [1.82, 2.24) is 25.0 Å². The number of nitrogens with zero attached hydrogens (tertiary/aromatic N) is 4. The van der Waals surface area contributed by atoms with Crippen molar-refractivity contribution in [1.29, 1.82) is 0 Å². The zero-order valence-corrected chi connectivity index (χ0v) is 19.7. The minimum Gasteiger partial charge on any atom is -0.321 e. The van der Waals surface area contributed by atoms with E-state index in [-0.39, 0.29) is 5.91 Å². The standard InChI is InChI=1S/C27H30N6O/c1-32(2)17-19-5-8-23(9-6-19)29-27(34)26-24-14-21(7-10-25(24)30-31-26)22-13-20(15-28-16-22)18-33-11-3-4-12-33/h5-10,13-16H,3-4,11-12,17-18H2,1-2H3,(H,29,34)(H,30,31). The second kappa shape index (κ2) is 9.75. The number of amides is 1. The SMILES string of the molecule is CN(C)Cc1ccc(NC(=O)c2n[nH]c3ccc(-c4cncc(CN5CCCC5)c4)cc23)cc1. The number of nitrogens with one attached hydrogen (secondary N) is 2. The van der Waals surface area contributed by atoms with Gasteiger partial charge in [-0.3, -0.25) is 19.8 Å². The van der Waals surface area contributed by atoms with Crippen LogP contribution in [0.1, 0.15) is 34.5 Å². The molecule has 7 heteroatoms. The first-order valence-electron chi connectivity index (χ1n) is 11.7. The predicted octanol–water partition coefficient (Wildman–Crippen LogP) is 4.53. The molecule has 1 saturated heterocycles. The van der Waals surface area contributed by atoms with Crippen molar-refractivity contribution < 1.29 is 4.79 Å². The van der Waals surface area contributed by atoms with Crippen LogP contribution in [-0.4, -0.2) is 58.1 Å². The highest BCUT2D eigenvalue weighted by atomic mass is 16.1. The van der Waals surface area contributed by atoms with Crippen molar-refractivity contribution in [2.24, 2.45) is 0 Å². The van der Waals surface area contributed by atoms with Gasteiger partial charge in [0, 0.05) is 42.1 Å². The average Bonchev–Trinajstić information content (AvgIpc) is 3.49. The molecule has 1 aliphatic heterocycles. The van der Waals surface area contributed by atoms with E-state index in [0.29, 0.717) is 5.69 Å². The number of aromatic amines is 1. The van der Waals surface area contributed by atoms with Crippen LogP contribution in [0.4, 0.5) is 5.69 Å². The summed E-state index contributed by atoms with van der Waals surface area (Å²) in [6.07, 6.45) is 6.37. The molecule has 0 aliphatic carbocycles.